The van der Waals surface area contributed by atoms with Gasteiger partial charge in [-0.3, -0.25) is 9.59 Å². The van der Waals surface area contributed by atoms with Crippen molar-refractivity contribution in [2.75, 3.05) is 13.1 Å². The molecule has 2 aliphatic heterocycles. The van der Waals surface area contributed by atoms with Crippen molar-refractivity contribution in [1.29, 1.82) is 0 Å². The largest absolute Gasteiger partial charge is 0.650 e. The van der Waals surface area contributed by atoms with Crippen LogP contribution in [0.15, 0.2) is 0 Å². The number of hydrogen-bond acceptors (Lipinski definition) is 2. The molecule has 0 saturated carbocycles. The van der Waals surface area contributed by atoms with E-state index in [0.717, 1.165) is 38.8 Å². The second-order valence-corrected chi connectivity index (χ2v) is 3.80. The molecule has 2 rings (SSSR count). The van der Waals surface area contributed by atoms with Gasteiger partial charge in [0.2, 0.25) is 0 Å². The number of carbonyl (C=O) groups is 2. The molecule has 2 fully saturated rings. The van der Waals surface area contributed by atoms with Crippen molar-refractivity contribution in [2.45, 2.75) is 37.8 Å². The fraction of sp³-hybridized carbons (Fsp3) is 0.800. The zero-order chi connectivity index (χ0) is 12.0. The first-order chi connectivity index (χ1) is 7.61. The van der Waals surface area contributed by atoms with Gasteiger partial charge in [-0.1, -0.05) is 25.7 Å². The minimum atomic E-state index is -0.775. The predicted molar refractivity (Wildman–Crippen MR) is 57.8 cm³/mol. The van der Waals surface area contributed by atoms with Crippen molar-refractivity contribution in [3.63, 3.8) is 0 Å². The molecule has 2 heterocycles. The molecule has 2 saturated heterocycles. The Labute approximate surface area is 134 Å². The molecule has 2 unspecified atom stereocenters. The number of rotatable bonds is 2. The van der Waals surface area contributed by atoms with E-state index in [9.17, 15) is 9.59 Å². The Morgan fingerprint density at radius 3 is 1.35 bits per heavy atom. The van der Waals surface area contributed by atoms with Crippen LogP contribution < -0.4 is 0 Å². The van der Waals surface area contributed by atoms with Gasteiger partial charge < -0.3 is 20.8 Å². The van der Waals surface area contributed by atoms with Gasteiger partial charge in [-0.05, 0) is 12.1 Å². The third-order valence-electron chi connectivity index (χ3n) is 2.54. The third-order valence-corrected chi connectivity index (χ3v) is 2.54. The molecule has 6 nitrogen and oxygen atoms in total. The summed E-state index contributed by atoms with van der Waals surface area (Å²) in [7, 11) is 0. The van der Waals surface area contributed by atoms with E-state index in [-0.39, 0.29) is 41.7 Å². The molecule has 96 valence electrons. The van der Waals surface area contributed by atoms with E-state index in [0.29, 0.717) is 0 Å². The number of hydrogen-bond donors (Lipinski definition) is 2. The Morgan fingerprint density at radius 1 is 0.882 bits per heavy atom. The summed E-state index contributed by atoms with van der Waals surface area (Å²) in [6.07, 6.45) is 3.35. The molecule has 0 aliphatic carbocycles. The average molecular weight is 368 g/mol. The van der Waals surface area contributed by atoms with Crippen LogP contribution >= 0.6 is 0 Å². The summed E-state index contributed by atoms with van der Waals surface area (Å²) >= 11 is 0. The number of nitrogens with zero attached hydrogens (tertiary/aromatic N) is 2. The van der Waals surface area contributed by atoms with Crippen molar-refractivity contribution in [3.8, 4) is 0 Å². The molecule has 0 aromatic carbocycles. The first kappa shape index (κ1) is 17.2. The van der Waals surface area contributed by atoms with Crippen LogP contribution in [0.25, 0.3) is 10.6 Å². The summed E-state index contributed by atoms with van der Waals surface area (Å²) in [6.45, 7) is 1.47. The quantitative estimate of drug-likeness (QED) is 0.765. The van der Waals surface area contributed by atoms with E-state index in [1.807, 2.05) is 0 Å². The maximum Gasteiger partial charge on any atom is 0.285 e. The van der Waals surface area contributed by atoms with Gasteiger partial charge in [0, 0.05) is 41.7 Å². The van der Waals surface area contributed by atoms with Gasteiger partial charge in [0.05, 0.1) is 0 Å². The summed E-state index contributed by atoms with van der Waals surface area (Å²) in [5.74, 6) is -1.55. The van der Waals surface area contributed by atoms with Gasteiger partial charge in [0.15, 0.2) is 0 Å². The first-order valence-electron chi connectivity index (χ1n) is 5.40. The smallest absolute Gasteiger partial charge is 0.285 e. The Balaban J connectivity index is 0.000000284. The number of carboxylic acids is 2. The Bertz CT molecular complexity index is 225. The molecule has 0 aromatic heterocycles. The zero-order valence-electron chi connectivity index (χ0n) is 9.50. The minimum absolute atomic E-state index is 0. The van der Waals surface area contributed by atoms with E-state index in [1.54, 1.807) is 0 Å². The van der Waals surface area contributed by atoms with Crippen LogP contribution in [0.3, 0.4) is 0 Å². The molecule has 0 spiro atoms. The molecule has 7 heteroatoms. The normalized spacial score (nSPS) is 26.6. The third kappa shape index (κ3) is 6.66. The average Bonchev–Trinajstić information content (AvgIpc) is 2.93. The summed E-state index contributed by atoms with van der Waals surface area (Å²) in [5.41, 5.74) is 0. The van der Waals surface area contributed by atoms with E-state index in [4.69, 9.17) is 10.2 Å². The van der Waals surface area contributed by atoms with Crippen LogP contribution in [0.5, 0.6) is 0 Å². The standard InChI is InChI=1S/2C5H8NO2.Ce/c2*7-5(8)4-2-1-3-6-4;/h2*4H,1-3H2,(H,7,8);/q2*-1;. The first-order valence-corrected chi connectivity index (χ1v) is 5.40. The maximum absolute atomic E-state index is 10.1. The van der Waals surface area contributed by atoms with E-state index in [2.05, 4.69) is 10.6 Å². The van der Waals surface area contributed by atoms with Crippen molar-refractivity contribution < 1.29 is 61.5 Å². The van der Waals surface area contributed by atoms with Crippen LogP contribution in [-0.2, 0) is 9.59 Å². The van der Waals surface area contributed by atoms with E-state index >= 15 is 0 Å². The Hall–Kier alpha value is 0.237. The summed E-state index contributed by atoms with van der Waals surface area (Å²) < 4.78 is 0. The second-order valence-electron chi connectivity index (χ2n) is 3.80. The van der Waals surface area contributed by atoms with Crippen molar-refractivity contribution in [3.05, 3.63) is 10.6 Å². The minimum Gasteiger partial charge on any atom is -0.650 e. The summed E-state index contributed by atoms with van der Waals surface area (Å²) in [4.78, 5) is 20.2. The maximum atomic E-state index is 10.1. The fourth-order valence-electron chi connectivity index (χ4n) is 1.65. The van der Waals surface area contributed by atoms with Crippen LogP contribution in [0.1, 0.15) is 25.7 Å². The van der Waals surface area contributed by atoms with Gasteiger partial charge >= 0.3 is 0 Å². The van der Waals surface area contributed by atoms with E-state index in [1.165, 1.54) is 0 Å². The van der Waals surface area contributed by atoms with Gasteiger partial charge in [0.25, 0.3) is 11.9 Å². The molecular weight excluding hydrogens is 352 g/mol. The molecule has 0 radical (unpaired) electrons. The van der Waals surface area contributed by atoms with Crippen LogP contribution in [0.4, 0.5) is 0 Å². The monoisotopic (exact) mass is 368 g/mol. The van der Waals surface area contributed by atoms with Crippen molar-refractivity contribution in [1.82, 2.24) is 0 Å². The van der Waals surface area contributed by atoms with Gasteiger partial charge in [-0.2, -0.15) is 0 Å². The fourth-order valence-corrected chi connectivity index (χ4v) is 1.65. The molecule has 0 aromatic rings. The summed E-state index contributed by atoms with van der Waals surface area (Å²) in [6, 6.07) is -0.787. The van der Waals surface area contributed by atoms with Gasteiger partial charge in [-0.15, -0.1) is 13.1 Å². The molecule has 2 N–H and O–H groups in total. The Kier molecular flexibility index (Phi) is 9.33. The molecular formula is C10H16CeN2O4-2. The summed E-state index contributed by atoms with van der Waals surface area (Å²) in [5, 5.41) is 24.3. The van der Waals surface area contributed by atoms with Crippen LogP contribution in [0.2, 0.25) is 0 Å². The van der Waals surface area contributed by atoms with Crippen LogP contribution in [0, 0.1) is 41.7 Å². The Morgan fingerprint density at radius 2 is 1.24 bits per heavy atom. The number of aliphatic carboxylic acids is 2. The second kappa shape index (κ2) is 9.20. The molecule has 2 aliphatic rings. The van der Waals surface area contributed by atoms with Crippen molar-refractivity contribution >= 4 is 11.9 Å². The van der Waals surface area contributed by atoms with Gasteiger partial charge in [0.1, 0.15) is 0 Å². The predicted octanol–water partition coefficient (Wildman–Crippen LogP) is 1.21. The molecule has 17 heavy (non-hydrogen) atoms. The zero-order valence-corrected chi connectivity index (χ0v) is 12.6. The molecule has 0 amide bonds. The van der Waals surface area contributed by atoms with Crippen LogP contribution in [-0.4, -0.2) is 47.3 Å². The molecule has 0 bridgehead atoms. The molecule has 2 atom stereocenters. The number of carboxylic acid groups (broad SMARTS) is 2. The van der Waals surface area contributed by atoms with E-state index < -0.39 is 24.0 Å². The SMILES string of the molecule is O=C(O)C1CCC[N-]1.O=C(O)C1CCC[N-]1.[Ce]. The van der Waals surface area contributed by atoms with Gasteiger partial charge in [-0.25, -0.2) is 0 Å². The van der Waals surface area contributed by atoms with Crippen molar-refractivity contribution in [2.24, 2.45) is 0 Å². The topological polar surface area (TPSA) is 103 Å².